The lowest BCUT2D eigenvalue weighted by Gasteiger charge is -2.36. The van der Waals surface area contributed by atoms with Gasteiger partial charge < -0.3 is 15.1 Å². The Morgan fingerprint density at radius 3 is 2.38 bits per heavy atom. The highest BCUT2D eigenvalue weighted by molar-refractivity contribution is 5.92. The number of nitrogens with one attached hydrogen (secondary N) is 1. The molecule has 2 aromatic carbocycles. The van der Waals surface area contributed by atoms with Gasteiger partial charge in [-0.1, -0.05) is 42.5 Å². The second-order valence-electron chi connectivity index (χ2n) is 8.32. The van der Waals surface area contributed by atoms with Crippen LogP contribution in [0.15, 0.2) is 60.8 Å². The average Bonchev–Trinajstić information content (AvgIpc) is 2.83. The van der Waals surface area contributed by atoms with E-state index in [0.29, 0.717) is 32.0 Å². The Labute approximate surface area is 195 Å². The van der Waals surface area contributed by atoms with Gasteiger partial charge in [0.25, 0.3) is 0 Å². The lowest BCUT2D eigenvalue weighted by molar-refractivity contribution is -0.138. The summed E-state index contributed by atoms with van der Waals surface area (Å²) in [5, 5.41) is 4.85. The van der Waals surface area contributed by atoms with Crippen molar-refractivity contribution in [1.29, 1.82) is 0 Å². The number of rotatable bonds is 5. The van der Waals surface area contributed by atoms with Gasteiger partial charge in [-0.15, -0.1) is 0 Å². The number of amides is 2. The molecule has 178 valence electrons. The number of hydrogen-bond acceptors (Lipinski definition) is 4. The standard InChI is InChI=1S/C25H25F3N4O2/c1-17(30-23(33)15-19-7-4-6-18-5-2-3-8-21(18)19)24(34)32-13-11-31(12-14-32)22-10-9-20(16-29-22)25(26,27)28/h2-10,16-17H,11-15H2,1H3,(H,30,33)/t17-/m0/s1. The Bertz CT molecular complexity index is 1170. The van der Waals surface area contributed by atoms with Crippen molar-refractivity contribution < 1.29 is 22.8 Å². The monoisotopic (exact) mass is 470 g/mol. The van der Waals surface area contributed by atoms with E-state index in [-0.39, 0.29) is 18.2 Å². The highest BCUT2D eigenvalue weighted by Gasteiger charge is 2.31. The van der Waals surface area contributed by atoms with E-state index >= 15 is 0 Å². The Kier molecular flexibility index (Phi) is 6.72. The van der Waals surface area contributed by atoms with Crippen molar-refractivity contribution in [2.24, 2.45) is 0 Å². The van der Waals surface area contributed by atoms with Gasteiger partial charge in [0.05, 0.1) is 12.0 Å². The van der Waals surface area contributed by atoms with Crippen LogP contribution in [0.5, 0.6) is 0 Å². The van der Waals surface area contributed by atoms with E-state index in [1.54, 1.807) is 11.8 Å². The highest BCUT2D eigenvalue weighted by atomic mass is 19.4. The van der Waals surface area contributed by atoms with Crippen LogP contribution in [0.3, 0.4) is 0 Å². The van der Waals surface area contributed by atoms with Crippen LogP contribution in [0.25, 0.3) is 10.8 Å². The summed E-state index contributed by atoms with van der Waals surface area (Å²) in [4.78, 5) is 32.9. The van der Waals surface area contributed by atoms with Crippen molar-refractivity contribution in [1.82, 2.24) is 15.2 Å². The number of carbonyl (C=O) groups excluding carboxylic acids is 2. The fraction of sp³-hybridized carbons (Fsp3) is 0.320. The van der Waals surface area contributed by atoms with Gasteiger partial charge in [-0.2, -0.15) is 13.2 Å². The van der Waals surface area contributed by atoms with Crippen LogP contribution in [0.4, 0.5) is 19.0 Å². The normalized spacial score (nSPS) is 15.3. The molecule has 0 spiro atoms. The number of anilines is 1. The van der Waals surface area contributed by atoms with E-state index in [9.17, 15) is 22.8 Å². The number of alkyl halides is 3. The van der Waals surface area contributed by atoms with Crippen LogP contribution in [-0.4, -0.2) is 53.9 Å². The minimum Gasteiger partial charge on any atom is -0.353 e. The van der Waals surface area contributed by atoms with Crippen molar-refractivity contribution in [3.05, 3.63) is 71.9 Å². The third kappa shape index (κ3) is 5.30. The van der Waals surface area contributed by atoms with Crippen molar-refractivity contribution >= 4 is 28.4 Å². The Balaban J connectivity index is 1.30. The molecule has 2 amide bonds. The van der Waals surface area contributed by atoms with E-state index < -0.39 is 17.8 Å². The van der Waals surface area contributed by atoms with Gasteiger partial charge in [-0.25, -0.2) is 4.98 Å². The molecular formula is C25H25F3N4O2. The zero-order chi connectivity index (χ0) is 24.3. The lowest BCUT2D eigenvalue weighted by Crippen LogP contribution is -2.54. The van der Waals surface area contributed by atoms with Crippen LogP contribution in [-0.2, 0) is 22.2 Å². The van der Waals surface area contributed by atoms with Crippen molar-refractivity contribution in [2.45, 2.75) is 25.6 Å². The molecule has 1 aromatic heterocycles. The first-order valence-electron chi connectivity index (χ1n) is 11.1. The summed E-state index contributed by atoms with van der Waals surface area (Å²) >= 11 is 0. The fourth-order valence-corrected chi connectivity index (χ4v) is 4.14. The van der Waals surface area contributed by atoms with Crippen LogP contribution >= 0.6 is 0 Å². The van der Waals surface area contributed by atoms with Crippen LogP contribution in [0.1, 0.15) is 18.1 Å². The molecule has 0 aliphatic carbocycles. The number of carbonyl (C=O) groups is 2. The van der Waals surface area contributed by atoms with Crippen LogP contribution in [0, 0.1) is 0 Å². The van der Waals surface area contributed by atoms with E-state index in [4.69, 9.17) is 0 Å². The summed E-state index contributed by atoms with van der Waals surface area (Å²) in [6.07, 6.45) is -3.43. The largest absolute Gasteiger partial charge is 0.417 e. The minimum atomic E-state index is -4.43. The highest BCUT2D eigenvalue weighted by Crippen LogP contribution is 2.29. The second kappa shape index (κ2) is 9.70. The van der Waals surface area contributed by atoms with Gasteiger partial charge >= 0.3 is 6.18 Å². The maximum Gasteiger partial charge on any atom is 0.417 e. The second-order valence-corrected chi connectivity index (χ2v) is 8.32. The summed E-state index contributed by atoms with van der Waals surface area (Å²) < 4.78 is 38.2. The van der Waals surface area contributed by atoms with Gasteiger partial charge in [0.1, 0.15) is 11.9 Å². The van der Waals surface area contributed by atoms with E-state index in [0.717, 1.165) is 28.6 Å². The number of pyridine rings is 1. The van der Waals surface area contributed by atoms with Gasteiger partial charge in [-0.3, -0.25) is 9.59 Å². The summed E-state index contributed by atoms with van der Waals surface area (Å²) in [5.74, 6) is 0.0210. The molecule has 6 nitrogen and oxygen atoms in total. The number of aromatic nitrogens is 1. The first-order valence-corrected chi connectivity index (χ1v) is 11.1. The molecule has 0 unspecified atom stereocenters. The Morgan fingerprint density at radius 1 is 1.00 bits per heavy atom. The van der Waals surface area contributed by atoms with Crippen LogP contribution in [0.2, 0.25) is 0 Å². The third-order valence-electron chi connectivity index (χ3n) is 5.97. The molecule has 9 heteroatoms. The summed E-state index contributed by atoms with van der Waals surface area (Å²) in [5.41, 5.74) is 0.103. The molecule has 3 aromatic rings. The quantitative estimate of drug-likeness (QED) is 0.618. The molecular weight excluding hydrogens is 445 g/mol. The van der Waals surface area contributed by atoms with Crippen molar-refractivity contribution in [2.75, 3.05) is 31.1 Å². The lowest BCUT2D eigenvalue weighted by atomic mass is 10.0. The van der Waals surface area contributed by atoms with Crippen molar-refractivity contribution in [3.8, 4) is 0 Å². The molecule has 1 N–H and O–H groups in total. The van der Waals surface area contributed by atoms with E-state index in [1.807, 2.05) is 47.4 Å². The Hall–Kier alpha value is -3.62. The Morgan fingerprint density at radius 2 is 1.71 bits per heavy atom. The first-order chi connectivity index (χ1) is 16.2. The van der Waals surface area contributed by atoms with Gasteiger partial charge in [-0.05, 0) is 35.4 Å². The molecule has 1 aliphatic rings. The maximum atomic E-state index is 12.8. The summed E-state index contributed by atoms with van der Waals surface area (Å²) in [6, 6.07) is 15.3. The maximum absolute atomic E-state index is 12.8. The number of nitrogens with zero attached hydrogens (tertiary/aromatic N) is 3. The summed E-state index contributed by atoms with van der Waals surface area (Å²) in [6.45, 7) is 3.34. The molecule has 1 saturated heterocycles. The molecule has 0 radical (unpaired) electrons. The third-order valence-corrected chi connectivity index (χ3v) is 5.97. The zero-order valence-electron chi connectivity index (χ0n) is 18.7. The molecule has 34 heavy (non-hydrogen) atoms. The van der Waals surface area contributed by atoms with E-state index in [2.05, 4.69) is 10.3 Å². The number of halogens is 3. The summed E-state index contributed by atoms with van der Waals surface area (Å²) in [7, 11) is 0. The molecule has 4 rings (SSSR count). The SMILES string of the molecule is C[C@H](NC(=O)Cc1cccc2ccccc12)C(=O)N1CCN(c2ccc(C(F)(F)F)cn2)CC1. The number of piperazine rings is 1. The first kappa shape index (κ1) is 23.5. The van der Waals surface area contributed by atoms with Gasteiger partial charge in [0.2, 0.25) is 11.8 Å². The molecule has 2 heterocycles. The van der Waals surface area contributed by atoms with Crippen LogP contribution < -0.4 is 10.2 Å². The number of benzene rings is 2. The zero-order valence-corrected chi connectivity index (χ0v) is 18.7. The molecule has 1 aliphatic heterocycles. The molecule has 0 saturated carbocycles. The minimum absolute atomic E-state index is 0.173. The molecule has 1 atom stereocenters. The molecule has 1 fully saturated rings. The number of hydrogen-bond donors (Lipinski definition) is 1. The molecule has 0 bridgehead atoms. The van der Waals surface area contributed by atoms with E-state index in [1.165, 1.54) is 6.07 Å². The van der Waals surface area contributed by atoms with Crippen molar-refractivity contribution in [3.63, 3.8) is 0 Å². The topological polar surface area (TPSA) is 65.5 Å². The smallest absolute Gasteiger partial charge is 0.353 e. The average molecular weight is 470 g/mol. The van der Waals surface area contributed by atoms with Gasteiger partial charge in [0.15, 0.2) is 0 Å². The fourth-order valence-electron chi connectivity index (χ4n) is 4.14. The number of fused-ring (bicyclic) bond motifs is 1. The predicted octanol–water partition coefficient (Wildman–Crippen LogP) is 3.65. The van der Waals surface area contributed by atoms with Gasteiger partial charge in [0, 0.05) is 32.4 Å². The predicted molar refractivity (Wildman–Crippen MR) is 123 cm³/mol.